The predicted molar refractivity (Wildman–Crippen MR) is 88.7 cm³/mol. The third-order valence-corrected chi connectivity index (χ3v) is 3.77. The Labute approximate surface area is 140 Å². The molecule has 2 atom stereocenters. The lowest BCUT2D eigenvalue weighted by Gasteiger charge is -2.17. The first-order chi connectivity index (χ1) is 11.5. The summed E-state index contributed by atoms with van der Waals surface area (Å²) in [6.07, 6.45) is 3.40. The smallest absolute Gasteiger partial charge is 0.308 e. The highest BCUT2D eigenvalue weighted by molar-refractivity contribution is 5.94. The Kier molecular flexibility index (Phi) is 5.89. The molecule has 1 amide bonds. The highest BCUT2D eigenvalue weighted by Crippen LogP contribution is 2.14. The maximum Gasteiger partial charge on any atom is 0.308 e. The fourth-order valence-electron chi connectivity index (χ4n) is 1.98. The molecule has 0 spiro atoms. The van der Waals surface area contributed by atoms with Crippen LogP contribution in [0.2, 0.25) is 0 Å². The summed E-state index contributed by atoms with van der Waals surface area (Å²) in [6.45, 7) is 3.65. The Morgan fingerprint density at radius 1 is 1.12 bits per heavy atom. The van der Waals surface area contributed by atoms with E-state index < -0.39 is 17.9 Å². The zero-order valence-electron chi connectivity index (χ0n) is 13.6. The van der Waals surface area contributed by atoms with Gasteiger partial charge in [-0.15, -0.1) is 0 Å². The van der Waals surface area contributed by atoms with Gasteiger partial charge in [0.1, 0.15) is 12.4 Å². The van der Waals surface area contributed by atoms with Crippen LogP contribution in [0.1, 0.15) is 29.8 Å². The molecule has 0 aliphatic rings. The molecule has 0 aliphatic carbocycles. The molecular formula is C18H20N2O4. The van der Waals surface area contributed by atoms with Crippen LogP contribution in [0.3, 0.4) is 0 Å². The molecule has 1 aromatic carbocycles. The number of carboxylic acid groups (broad SMARTS) is 1. The molecule has 0 aliphatic heterocycles. The number of nitrogens with one attached hydrogen (secondary N) is 1. The Hall–Kier alpha value is -2.89. The maximum atomic E-state index is 12.1. The van der Waals surface area contributed by atoms with Crippen molar-refractivity contribution in [1.82, 2.24) is 10.3 Å². The van der Waals surface area contributed by atoms with Crippen molar-refractivity contribution in [3.05, 3.63) is 59.9 Å². The molecule has 1 aromatic heterocycles. The molecule has 1 heterocycles. The number of hydrogen-bond acceptors (Lipinski definition) is 4. The summed E-state index contributed by atoms with van der Waals surface area (Å²) in [4.78, 5) is 27.0. The molecule has 0 saturated heterocycles. The summed E-state index contributed by atoms with van der Waals surface area (Å²) >= 11 is 0. The first-order valence-electron chi connectivity index (χ1n) is 7.63. The number of pyridine rings is 1. The largest absolute Gasteiger partial charge is 0.489 e. The van der Waals surface area contributed by atoms with E-state index in [-0.39, 0.29) is 5.91 Å². The van der Waals surface area contributed by atoms with E-state index in [0.717, 1.165) is 5.56 Å². The first-order valence-corrected chi connectivity index (χ1v) is 7.63. The number of carbonyl (C=O) groups is 2. The normalized spacial score (nSPS) is 12.9. The van der Waals surface area contributed by atoms with E-state index in [2.05, 4.69) is 10.3 Å². The van der Waals surface area contributed by atoms with E-state index >= 15 is 0 Å². The van der Waals surface area contributed by atoms with Gasteiger partial charge in [0.25, 0.3) is 5.91 Å². The Morgan fingerprint density at radius 2 is 1.75 bits per heavy atom. The fourth-order valence-corrected chi connectivity index (χ4v) is 1.98. The summed E-state index contributed by atoms with van der Waals surface area (Å²) in [5.41, 5.74) is 1.46. The van der Waals surface area contributed by atoms with Crippen molar-refractivity contribution in [3.8, 4) is 5.75 Å². The van der Waals surface area contributed by atoms with Crippen LogP contribution in [0.25, 0.3) is 0 Å². The number of nitrogens with zero attached hydrogens (tertiary/aromatic N) is 1. The van der Waals surface area contributed by atoms with Crippen LogP contribution in [-0.2, 0) is 11.4 Å². The fraction of sp³-hybridized carbons (Fsp3) is 0.278. The summed E-state index contributed by atoms with van der Waals surface area (Å²) in [7, 11) is 0. The maximum absolute atomic E-state index is 12.1. The third kappa shape index (κ3) is 4.81. The number of aromatic nitrogens is 1. The molecule has 2 unspecified atom stereocenters. The van der Waals surface area contributed by atoms with Crippen molar-refractivity contribution in [1.29, 1.82) is 0 Å². The SMILES string of the molecule is CC(NC(=O)c1ccc(OCc2ccncc2)cc1)C(C)C(=O)O. The zero-order chi connectivity index (χ0) is 17.5. The minimum Gasteiger partial charge on any atom is -0.489 e. The van der Waals surface area contributed by atoms with Crippen molar-refractivity contribution in [2.75, 3.05) is 0 Å². The van der Waals surface area contributed by atoms with Gasteiger partial charge < -0.3 is 15.2 Å². The van der Waals surface area contributed by atoms with Gasteiger partial charge in [-0.05, 0) is 55.8 Å². The number of ether oxygens (including phenoxy) is 1. The summed E-state index contributed by atoms with van der Waals surface area (Å²) in [5, 5.41) is 11.6. The summed E-state index contributed by atoms with van der Waals surface area (Å²) < 4.78 is 5.64. The molecule has 0 fully saturated rings. The second-order valence-corrected chi connectivity index (χ2v) is 5.56. The van der Waals surface area contributed by atoms with Crippen molar-refractivity contribution in [3.63, 3.8) is 0 Å². The molecule has 6 heteroatoms. The molecule has 126 valence electrons. The Morgan fingerprint density at radius 3 is 2.33 bits per heavy atom. The summed E-state index contributed by atoms with van der Waals surface area (Å²) in [6, 6.07) is 9.99. The Balaban J connectivity index is 1.91. The van der Waals surface area contributed by atoms with E-state index in [1.54, 1.807) is 50.5 Å². The predicted octanol–water partition coefficient (Wildman–Crippen LogP) is 2.50. The second-order valence-electron chi connectivity index (χ2n) is 5.56. The quantitative estimate of drug-likeness (QED) is 0.815. The van der Waals surface area contributed by atoms with Crippen LogP contribution < -0.4 is 10.1 Å². The van der Waals surface area contributed by atoms with Gasteiger partial charge in [0.15, 0.2) is 0 Å². The molecule has 2 aromatic rings. The monoisotopic (exact) mass is 328 g/mol. The minimum atomic E-state index is -0.942. The van der Waals surface area contributed by atoms with E-state index in [9.17, 15) is 9.59 Å². The van der Waals surface area contributed by atoms with Crippen LogP contribution in [0.5, 0.6) is 5.75 Å². The molecule has 24 heavy (non-hydrogen) atoms. The van der Waals surface area contributed by atoms with Crippen molar-refractivity contribution in [2.24, 2.45) is 5.92 Å². The number of amides is 1. The third-order valence-electron chi connectivity index (χ3n) is 3.77. The number of aliphatic carboxylic acids is 1. The topological polar surface area (TPSA) is 88.5 Å². The molecule has 0 saturated carbocycles. The lowest BCUT2D eigenvalue weighted by molar-refractivity contribution is -0.141. The molecule has 6 nitrogen and oxygen atoms in total. The number of hydrogen-bond donors (Lipinski definition) is 2. The van der Waals surface area contributed by atoms with E-state index in [0.29, 0.717) is 17.9 Å². The van der Waals surface area contributed by atoms with E-state index in [4.69, 9.17) is 9.84 Å². The van der Waals surface area contributed by atoms with E-state index in [1.165, 1.54) is 0 Å². The standard InChI is InChI=1S/C18H20N2O4/c1-12(18(22)23)13(2)20-17(21)15-3-5-16(6-4-15)24-11-14-7-9-19-10-8-14/h3-10,12-13H,11H2,1-2H3,(H,20,21)(H,22,23). The average molecular weight is 328 g/mol. The number of carbonyl (C=O) groups excluding carboxylic acids is 1. The van der Waals surface area contributed by atoms with Crippen LogP contribution in [0.4, 0.5) is 0 Å². The van der Waals surface area contributed by atoms with Gasteiger partial charge in [0, 0.05) is 24.0 Å². The van der Waals surface area contributed by atoms with Crippen LogP contribution in [0, 0.1) is 5.92 Å². The number of rotatable bonds is 7. The highest BCUT2D eigenvalue weighted by Gasteiger charge is 2.21. The van der Waals surface area contributed by atoms with Gasteiger partial charge >= 0.3 is 5.97 Å². The van der Waals surface area contributed by atoms with Crippen LogP contribution >= 0.6 is 0 Å². The lowest BCUT2D eigenvalue weighted by atomic mass is 10.0. The van der Waals surface area contributed by atoms with Crippen molar-refractivity contribution in [2.45, 2.75) is 26.5 Å². The number of benzene rings is 1. The van der Waals surface area contributed by atoms with Gasteiger partial charge in [-0.1, -0.05) is 0 Å². The van der Waals surface area contributed by atoms with Crippen LogP contribution in [0.15, 0.2) is 48.8 Å². The van der Waals surface area contributed by atoms with Gasteiger partial charge in [0.05, 0.1) is 5.92 Å². The first kappa shape index (κ1) is 17.5. The average Bonchev–Trinajstić information content (AvgIpc) is 2.60. The van der Waals surface area contributed by atoms with Crippen LogP contribution in [-0.4, -0.2) is 28.0 Å². The molecule has 0 radical (unpaired) electrons. The van der Waals surface area contributed by atoms with Gasteiger partial charge in [0.2, 0.25) is 0 Å². The minimum absolute atomic E-state index is 0.309. The summed E-state index contributed by atoms with van der Waals surface area (Å²) in [5.74, 6) is -1.26. The van der Waals surface area contributed by atoms with Gasteiger partial charge in [-0.25, -0.2) is 0 Å². The zero-order valence-corrected chi connectivity index (χ0v) is 13.6. The number of carboxylic acids is 1. The van der Waals surface area contributed by atoms with Gasteiger partial charge in [-0.3, -0.25) is 14.6 Å². The Bertz CT molecular complexity index is 686. The molecule has 2 rings (SSSR count). The molecule has 2 N–H and O–H groups in total. The second kappa shape index (κ2) is 8.10. The van der Waals surface area contributed by atoms with Crippen molar-refractivity contribution >= 4 is 11.9 Å². The van der Waals surface area contributed by atoms with E-state index in [1.807, 2.05) is 12.1 Å². The highest BCUT2D eigenvalue weighted by atomic mass is 16.5. The van der Waals surface area contributed by atoms with Crippen molar-refractivity contribution < 1.29 is 19.4 Å². The van der Waals surface area contributed by atoms with Gasteiger partial charge in [-0.2, -0.15) is 0 Å². The lowest BCUT2D eigenvalue weighted by Crippen LogP contribution is -2.40. The molecule has 0 bridgehead atoms. The molecular weight excluding hydrogens is 308 g/mol.